The van der Waals surface area contributed by atoms with Crippen molar-refractivity contribution in [2.75, 3.05) is 18.9 Å². The van der Waals surface area contributed by atoms with Crippen molar-refractivity contribution < 1.29 is 13.2 Å². The van der Waals surface area contributed by atoms with Crippen LogP contribution in [-0.2, 0) is 14.8 Å². The van der Waals surface area contributed by atoms with Crippen LogP contribution in [0.25, 0.3) is 0 Å². The maximum absolute atomic E-state index is 12.7. The molecule has 0 aliphatic carbocycles. The Bertz CT molecular complexity index is 575. The second-order valence-electron chi connectivity index (χ2n) is 5.96. The van der Waals surface area contributed by atoms with E-state index < -0.39 is 10.0 Å². The molecule has 0 aromatic carbocycles. The predicted molar refractivity (Wildman–Crippen MR) is 85.1 cm³/mol. The van der Waals surface area contributed by atoms with Gasteiger partial charge >= 0.3 is 0 Å². The van der Waals surface area contributed by atoms with Crippen LogP contribution in [0.15, 0.2) is 12.1 Å². The van der Waals surface area contributed by atoms with Gasteiger partial charge in [0, 0.05) is 22.9 Å². The summed E-state index contributed by atoms with van der Waals surface area (Å²) in [6, 6.07) is 4.21. The molecule has 0 radical (unpaired) electrons. The first-order valence-electron chi connectivity index (χ1n) is 7.74. The van der Waals surface area contributed by atoms with Crippen LogP contribution >= 0.6 is 11.3 Å². The molecular weight excluding hydrogens is 306 g/mol. The van der Waals surface area contributed by atoms with Crippen LogP contribution in [0.2, 0.25) is 0 Å². The van der Waals surface area contributed by atoms with E-state index in [1.54, 1.807) is 15.6 Å². The lowest BCUT2D eigenvalue weighted by Gasteiger charge is -2.24. The van der Waals surface area contributed by atoms with Crippen molar-refractivity contribution in [3.05, 3.63) is 21.9 Å². The number of thiophene rings is 1. The fourth-order valence-electron chi connectivity index (χ4n) is 3.26. The average Bonchev–Trinajstić information content (AvgIpc) is 3.17. The third-order valence-corrected chi connectivity index (χ3v) is 7.38. The first-order chi connectivity index (χ1) is 10.1. The highest BCUT2D eigenvalue weighted by Gasteiger charge is 2.36. The molecule has 118 valence electrons. The van der Waals surface area contributed by atoms with E-state index in [4.69, 9.17) is 4.74 Å². The van der Waals surface area contributed by atoms with Crippen LogP contribution in [0.3, 0.4) is 0 Å². The van der Waals surface area contributed by atoms with Gasteiger partial charge in [-0.05, 0) is 51.2 Å². The molecule has 2 fully saturated rings. The molecule has 2 aliphatic rings. The molecule has 0 unspecified atom stereocenters. The number of ether oxygens (including phenoxy) is 1. The normalized spacial score (nSPS) is 27.5. The molecule has 21 heavy (non-hydrogen) atoms. The Morgan fingerprint density at radius 2 is 2.19 bits per heavy atom. The lowest BCUT2D eigenvalue weighted by molar-refractivity contribution is 0.108. The van der Waals surface area contributed by atoms with E-state index in [0.29, 0.717) is 13.0 Å². The summed E-state index contributed by atoms with van der Waals surface area (Å²) in [6.07, 6.45) is 4.74. The van der Waals surface area contributed by atoms with E-state index in [2.05, 4.69) is 19.1 Å². The Kier molecular flexibility index (Phi) is 4.69. The van der Waals surface area contributed by atoms with E-state index in [9.17, 15) is 8.42 Å². The third-order valence-electron chi connectivity index (χ3n) is 4.37. The van der Waals surface area contributed by atoms with Gasteiger partial charge in [-0.3, -0.25) is 0 Å². The van der Waals surface area contributed by atoms with Gasteiger partial charge in [0.1, 0.15) is 0 Å². The molecule has 3 heterocycles. The highest BCUT2D eigenvalue weighted by molar-refractivity contribution is 7.89. The molecular formula is C15H23NO3S2. The number of hydrogen-bond acceptors (Lipinski definition) is 4. The molecule has 2 aliphatic heterocycles. The Labute approximate surface area is 131 Å². The van der Waals surface area contributed by atoms with Gasteiger partial charge in [0.2, 0.25) is 10.0 Å². The number of aryl methyl sites for hydroxylation is 1. The standard InChI is InChI=1S/C15H23NO3S2/c1-12-6-7-15(20-12)14-5-2-9-16(14)21(17,18)11-8-13-4-3-10-19-13/h6-7,13-14H,2-5,8-11H2,1H3/t13-,14+/m0/s1. The Morgan fingerprint density at radius 1 is 1.33 bits per heavy atom. The zero-order valence-electron chi connectivity index (χ0n) is 12.5. The smallest absolute Gasteiger partial charge is 0.214 e. The molecule has 0 saturated carbocycles. The van der Waals surface area contributed by atoms with Crippen molar-refractivity contribution in [1.29, 1.82) is 0 Å². The van der Waals surface area contributed by atoms with Crippen LogP contribution in [0.4, 0.5) is 0 Å². The van der Waals surface area contributed by atoms with Crippen LogP contribution in [0.5, 0.6) is 0 Å². The molecule has 2 saturated heterocycles. The SMILES string of the molecule is Cc1ccc([C@H]2CCCN2S(=O)(=O)CC[C@@H]2CCCO2)s1. The Balaban J connectivity index is 1.68. The quantitative estimate of drug-likeness (QED) is 0.834. The second-order valence-corrected chi connectivity index (χ2v) is 9.32. The summed E-state index contributed by atoms with van der Waals surface area (Å²) in [5.41, 5.74) is 0. The summed E-state index contributed by atoms with van der Waals surface area (Å²) in [5, 5.41) is 0. The molecule has 4 nitrogen and oxygen atoms in total. The number of sulfonamides is 1. The third kappa shape index (κ3) is 3.50. The van der Waals surface area contributed by atoms with Crippen LogP contribution in [0.1, 0.15) is 47.9 Å². The highest BCUT2D eigenvalue weighted by Crippen LogP contribution is 2.38. The Morgan fingerprint density at radius 3 is 2.86 bits per heavy atom. The van der Waals surface area contributed by atoms with Gasteiger partial charge in [-0.15, -0.1) is 11.3 Å². The van der Waals surface area contributed by atoms with E-state index in [-0.39, 0.29) is 17.9 Å². The van der Waals surface area contributed by atoms with Crippen molar-refractivity contribution in [2.45, 2.75) is 51.2 Å². The van der Waals surface area contributed by atoms with Crippen molar-refractivity contribution in [2.24, 2.45) is 0 Å². The molecule has 0 N–H and O–H groups in total. The number of rotatable bonds is 5. The van der Waals surface area contributed by atoms with Crippen LogP contribution in [0, 0.1) is 6.92 Å². The van der Waals surface area contributed by atoms with Gasteiger partial charge in [-0.25, -0.2) is 8.42 Å². The summed E-state index contributed by atoms with van der Waals surface area (Å²) in [5.74, 6) is 0.221. The zero-order valence-corrected chi connectivity index (χ0v) is 14.1. The van der Waals surface area contributed by atoms with Crippen molar-refractivity contribution in [3.8, 4) is 0 Å². The fraction of sp³-hybridized carbons (Fsp3) is 0.733. The fourth-order valence-corrected chi connectivity index (χ4v) is 6.16. The summed E-state index contributed by atoms with van der Waals surface area (Å²) >= 11 is 1.72. The van der Waals surface area contributed by atoms with Gasteiger partial charge in [-0.2, -0.15) is 4.31 Å². The van der Waals surface area contributed by atoms with Gasteiger partial charge < -0.3 is 4.74 Å². The van der Waals surface area contributed by atoms with Gasteiger partial charge in [0.15, 0.2) is 0 Å². The Hall–Kier alpha value is -0.430. The maximum Gasteiger partial charge on any atom is 0.214 e. The molecule has 6 heteroatoms. The van der Waals surface area contributed by atoms with E-state index >= 15 is 0 Å². The van der Waals surface area contributed by atoms with Crippen molar-refractivity contribution in [3.63, 3.8) is 0 Å². The van der Waals surface area contributed by atoms with E-state index in [1.807, 2.05) is 0 Å². The lowest BCUT2D eigenvalue weighted by Crippen LogP contribution is -2.33. The van der Waals surface area contributed by atoms with Crippen molar-refractivity contribution >= 4 is 21.4 Å². The number of hydrogen-bond donors (Lipinski definition) is 0. The minimum Gasteiger partial charge on any atom is -0.378 e. The number of nitrogens with zero attached hydrogens (tertiary/aromatic N) is 1. The minimum absolute atomic E-state index is 0.0539. The summed E-state index contributed by atoms with van der Waals surface area (Å²) in [4.78, 5) is 2.43. The molecule has 0 spiro atoms. The molecule has 0 amide bonds. The zero-order chi connectivity index (χ0) is 14.9. The van der Waals surface area contributed by atoms with Gasteiger partial charge in [-0.1, -0.05) is 0 Å². The minimum atomic E-state index is -3.18. The molecule has 2 atom stereocenters. The van der Waals surface area contributed by atoms with E-state index in [0.717, 1.165) is 32.3 Å². The lowest BCUT2D eigenvalue weighted by atomic mass is 10.2. The predicted octanol–water partition coefficient (Wildman–Crippen LogP) is 3.09. The topological polar surface area (TPSA) is 46.6 Å². The van der Waals surface area contributed by atoms with Crippen molar-refractivity contribution in [1.82, 2.24) is 4.31 Å². The summed E-state index contributed by atoms with van der Waals surface area (Å²) in [6.45, 7) is 3.51. The van der Waals surface area contributed by atoms with Gasteiger partial charge in [0.25, 0.3) is 0 Å². The van der Waals surface area contributed by atoms with Crippen LogP contribution < -0.4 is 0 Å². The average molecular weight is 329 g/mol. The van der Waals surface area contributed by atoms with Crippen LogP contribution in [-0.4, -0.2) is 37.7 Å². The second kappa shape index (κ2) is 6.36. The molecule has 1 aromatic heterocycles. The highest BCUT2D eigenvalue weighted by atomic mass is 32.2. The molecule has 1 aromatic rings. The first-order valence-corrected chi connectivity index (χ1v) is 10.2. The summed E-state index contributed by atoms with van der Waals surface area (Å²) in [7, 11) is -3.18. The first kappa shape index (κ1) is 15.5. The van der Waals surface area contributed by atoms with Gasteiger partial charge in [0.05, 0.1) is 17.9 Å². The molecule has 0 bridgehead atoms. The maximum atomic E-state index is 12.7. The summed E-state index contributed by atoms with van der Waals surface area (Å²) < 4.78 is 32.6. The van der Waals surface area contributed by atoms with E-state index in [1.165, 1.54) is 9.75 Å². The monoisotopic (exact) mass is 329 g/mol. The molecule has 3 rings (SSSR count). The largest absolute Gasteiger partial charge is 0.378 e.